The highest BCUT2D eigenvalue weighted by atomic mass is 32.2. The monoisotopic (exact) mass is 161 g/mol. The highest BCUT2D eigenvalue weighted by molar-refractivity contribution is 8.22. The highest BCUT2D eigenvalue weighted by Crippen LogP contribution is 2.33. The van der Waals surface area contributed by atoms with Gasteiger partial charge in [0.05, 0.1) is 0 Å². The van der Waals surface area contributed by atoms with Gasteiger partial charge in [-0.2, -0.15) is 0 Å². The topological polar surface area (TPSA) is 64.4 Å². The Morgan fingerprint density at radius 3 is 2.33 bits per heavy atom. The van der Waals surface area contributed by atoms with E-state index in [1.165, 1.54) is 0 Å². The van der Waals surface area contributed by atoms with Crippen molar-refractivity contribution in [2.75, 3.05) is 0 Å². The van der Waals surface area contributed by atoms with E-state index in [1.54, 1.807) is 23.5 Å². The summed E-state index contributed by atoms with van der Waals surface area (Å²) in [6.45, 7) is 0. The van der Waals surface area contributed by atoms with Gasteiger partial charge in [-0.25, -0.2) is 4.99 Å². The summed E-state index contributed by atoms with van der Waals surface area (Å²) in [6.07, 6.45) is 0. The van der Waals surface area contributed by atoms with Gasteiger partial charge in [0.25, 0.3) is 0 Å². The molecule has 5 heteroatoms. The van der Waals surface area contributed by atoms with Crippen molar-refractivity contribution in [2.24, 2.45) is 16.5 Å². The average Bonchev–Trinajstić information content (AvgIpc) is 2.15. The maximum Gasteiger partial charge on any atom is 0.187 e. The molecule has 3 nitrogen and oxygen atoms in total. The minimum Gasteiger partial charge on any atom is -0.370 e. The number of nitrogens with two attached hydrogens (primary N) is 2. The third-order valence-corrected chi connectivity index (χ3v) is 2.80. The van der Waals surface area contributed by atoms with Crippen molar-refractivity contribution in [2.45, 2.75) is 4.71 Å². The van der Waals surface area contributed by atoms with Crippen LogP contribution in [0.15, 0.2) is 15.8 Å². The minimum absolute atomic E-state index is 0.148. The van der Waals surface area contributed by atoms with Crippen molar-refractivity contribution >= 4 is 29.5 Å². The molecule has 1 heterocycles. The Morgan fingerprint density at radius 1 is 1.33 bits per heavy atom. The maximum atomic E-state index is 5.15. The average molecular weight is 161 g/mol. The fraction of sp³-hybridized carbons (Fsp3) is 0.250. The van der Waals surface area contributed by atoms with Crippen molar-refractivity contribution < 1.29 is 0 Å². The van der Waals surface area contributed by atoms with E-state index >= 15 is 0 Å². The molecule has 0 amide bonds. The van der Waals surface area contributed by atoms with Gasteiger partial charge in [-0.15, -0.1) is 0 Å². The predicted molar refractivity (Wildman–Crippen MR) is 43.9 cm³/mol. The Labute approximate surface area is 62.0 Å². The van der Waals surface area contributed by atoms with Crippen LogP contribution in [0.1, 0.15) is 0 Å². The fourth-order valence-electron chi connectivity index (χ4n) is 0.413. The van der Waals surface area contributed by atoms with Crippen LogP contribution in [0.4, 0.5) is 0 Å². The first kappa shape index (κ1) is 6.82. The third-order valence-electron chi connectivity index (χ3n) is 0.700. The zero-order valence-corrected chi connectivity index (χ0v) is 6.28. The van der Waals surface area contributed by atoms with E-state index in [-0.39, 0.29) is 10.7 Å². The summed E-state index contributed by atoms with van der Waals surface area (Å²) in [5.74, 6) is 0.156. The van der Waals surface area contributed by atoms with Gasteiger partial charge in [0.1, 0.15) is 0 Å². The molecule has 50 valence electrons. The first-order valence-electron chi connectivity index (χ1n) is 2.34. The number of aliphatic imine (C=N–C) groups is 1. The van der Waals surface area contributed by atoms with E-state index < -0.39 is 0 Å². The molecule has 0 aromatic carbocycles. The van der Waals surface area contributed by atoms with Gasteiger partial charge >= 0.3 is 0 Å². The van der Waals surface area contributed by atoms with Crippen LogP contribution < -0.4 is 11.5 Å². The smallest absolute Gasteiger partial charge is 0.187 e. The van der Waals surface area contributed by atoms with Gasteiger partial charge in [0.2, 0.25) is 0 Å². The Balaban J connectivity index is 2.38. The van der Waals surface area contributed by atoms with Gasteiger partial charge in [0, 0.05) is 0 Å². The fourth-order valence-corrected chi connectivity index (χ4v) is 2.20. The molecule has 0 spiro atoms. The quantitative estimate of drug-likeness (QED) is 0.434. The summed E-state index contributed by atoms with van der Waals surface area (Å²) < 4.78 is 0.148. The highest BCUT2D eigenvalue weighted by Gasteiger charge is 2.08. The van der Waals surface area contributed by atoms with Crippen LogP contribution in [0.3, 0.4) is 0 Å². The van der Waals surface area contributed by atoms with Crippen LogP contribution in [0.2, 0.25) is 0 Å². The van der Waals surface area contributed by atoms with Crippen molar-refractivity contribution in [3.05, 3.63) is 10.8 Å². The summed E-state index contributed by atoms with van der Waals surface area (Å²) in [4.78, 5) is 3.91. The summed E-state index contributed by atoms with van der Waals surface area (Å²) in [6, 6.07) is 0. The molecule has 0 radical (unpaired) electrons. The molecular weight excluding hydrogens is 154 g/mol. The molecular formula is C4H7N3S2. The molecule has 1 aliphatic rings. The zero-order chi connectivity index (χ0) is 6.69. The molecule has 0 atom stereocenters. The molecule has 0 fully saturated rings. The number of hydrogen-bond acceptors (Lipinski definition) is 3. The molecule has 0 unspecified atom stereocenters. The van der Waals surface area contributed by atoms with Crippen LogP contribution in [0, 0.1) is 0 Å². The van der Waals surface area contributed by atoms with E-state index in [0.29, 0.717) is 0 Å². The van der Waals surface area contributed by atoms with Gasteiger partial charge < -0.3 is 11.5 Å². The first-order chi connectivity index (χ1) is 4.29. The molecule has 0 aliphatic carbocycles. The summed E-state index contributed by atoms with van der Waals surface area (Å²) in [7, 11) is 0. The van der Waals surface area contributed by atoms with Crippen LogP contribution >= 0.6 is 23.5 Å². The molecule has 9 heavy (non-hydrogen) atoms. The van der Waals surface area contributed by atoms with Crippen LogP contribution in [0.5, 0.6) is 0 Å². The lowest BCUT2D eigenvalue weighted by Crippen LogP contribution is -2.23. The van der Waals surface area contributed by atoms with Gasteiger partial charge in [-0.05, 0) is 10.8 Å². The summed E-state index contributed by atoms with van der Waals surface area (Å²) in [5.41, 5.74) is 10.3. The van der Waals surface area contributed by atoms with Gasteiger partial charge in [0.15, 0.2) is 10.7 Å². The van der Waals surface area contributed by atoms with E-state index in [1.807, 2.05) is 10.8 Å². The van der Waals surface area contributed by atoms with Crippen LogP contribution in [-0.2, 0) is 0 Å². The van der Waals surface area contributed by atoms with Crippen molar-refractivity contribution in [1.29, 1.82) is 0 Å². The molecule has 0 bridgehead atoms. The second-order valence-corrected chi connectivity index (χ2v) is 3.69. The Bertz CT molecular complexity index is 142. The molecule has 1 aliphatic heterocycles. The first-order valence-corrected chi connectivity index (χ1v) is 4.22. The third kappa shape index (κ3) is 2.19. The number of thioether (sulfide) groups is 2. The van der Waals surface area contributed by atoms with Crippen LogP contribution in [-0.4, -0.2) is 10.7 Å². The zero-order valence-electron chi connectivity index (χ0n) is 4.65. The Morgan fingerprint density at radius 2 is 1.89 bits per heavy atom. The summed E-state index contributed by atoms with van der Waals surface area (Å²) >= 11 is 3.21. The van der Waals surface area contributed by atoms with E-state index in [4.69, 9.17) is 11.5 Å². The molecule has 4 N–H and O–H groups in total. The van der Waals surface area contributed by atoms with Crippen molar-refractivity contribution in [3.63, 3.8) is 0 Å². The molecule has 0 aromatic heterocycles. The molecule has 1 rings (SSSR count). The molecule has 0 aromatic rings. The van der Waals surface area contributed by atoms with Crippen LogP contribution in [0.25, 0.3) is 0 Å². The standard InChI is InChI=1S/C4H7N3S2/c5-3(6)7-4-8-1-2-9-4/h1-2,4H,(H4,5,6,7). The van der Waals surface area contributed by atoms with E-state index in [9.17, 15) is 0 Å². The SMILES string of the molecule is NC(N)=NC1SC=CS1. The van der Waals surface area contributed by atoms with E-state index in [0.717, 1.165) is 0 Å². The van der Waals surface area contributed by atoms with Gasteiger partial charge in [-0.3, -0.25) is 0 Å². The van der Waals surface area contributed by atoms with E-state index in [2.05, 4.69) is 4.99 Å². The van der Waals surface area contributed by atoms with Crippen molar-refractivity contribution in [3.8, 4) is 0 Å². The molecule has 0 saturated heterocycles. The second kappa shape index (κ2) is 3.03. The minimum atomic E-state index is 0.148. The Kier molecular flexibility index (Phi) is 2.29. The number of guanidine groups is 1. The Hall–Kier alpha value is -0.290. The lowest BCUT2D eigenvalue weighted by molar-refractivity contribution is 1.26. The number of rotatable bonds is 1. The number of nitrogens with zero attached hydrogens (tertiary/aromatic N) is 1. The lowest BCUT2D eigenvalue weighted by Gasteiger charge is -1.98. The summed E-state index contributed by atoms with van der Waals surface area (Å²) in [5, 5.41) is 3.95. The number of hydrogen-bond donors (Lipinski definition) is 2. The van der Waals surface area contributed by atoms with Crippen molar-refractivity contribution in [1.82, 2.24) is 0 Å². The molecule has 0 saturated carbocycles. The van der Waals surface area contributed by atoms with Gasteiger partial charge in [-0.1, -0.05) is 23.5 Å². The predicted octanol–water partition coefficient (Wildman–Crippen LogP) is 0.495. The lowest BCUT2D eigenvalue weighted by atomic mass is 11.1. The second-order valence-electron chi connectivity index (χ2n) is 1.41. The normalized spacial score (nSPS) is 18.2. The maximum absolute atomic E-state index is 5.15. The largest absolute Gasteiger partial charge is 0.370 e.